The Hall–Kier alpha value is -2.71. The zero-order chi connectivity index (χ0) is 20.2. The summed E-state index contributed by atoms with van der Waals surface area (Å²) in [6, 6.07) is 6.17. The number of hydrogen-bond acceptors (Lipinski definition) is 7. The highest BCUT2D eigenvalue weighted by atomic mass is 16.5. The van der Waals surface area contributed by atoms with Crippen molar-refractivity contribution in [3.8, 4) is 11.3 Å². The van der Waals surface area contributed by atoms with Crippen molar-refractivity contribution in [3.63, 3.8) is 0 Å². The maximum absolute atomic E-state index is 11.3. The van der Waals surface area contributed by atoms with Crippen LogP contribution in [0.5, 0.6) is 0 Å². The van der Waals surface area contributed by atoms with E-state index in [4.69, 9.17) is 14.5 Å². The molecule has 0 bridgehead atoms. The standard InChI is InChI=1S/C21H27N5O3/c1-15-11-20(23-16(2)27)22-14-18(15)19-12-17(25-3-7-28-8-4-25)13-21(24-19)26-5-9-29-10-6-26/h11-14H,3-10H2,1-2H3,(H,22,23,27). The predicted molar refractivity (Wildman–Crippen MR) is 113 cm³/mol. The third-order valence-corrected chi connectivity index (χ3v) is 5.20. The molecule has 0 spiro atoms. The molecule has 4 rings (SSSR count). The molecule has 2 fully saturated rings. The third-order valence-electron chi connectivity index (χ3n) is 5.20. The van der Waals surface area contributed by atoms with Gasteiger partial charge in [0.15, 0.2) is 0 Å². The van der Waals surface area contributed by atoms with E-state index in [2.05, 4.69) is 32.2 Å². The van der Waals surface area contributed by atoms with Crippen molar-refractivity contribution in [2.24, 2.45) is 0 Å². The minimum atomic E-state index is -0.133. The zero-order valence-corrected chi connectivity index (χ0v) is 17.0. The van der Waals surface area contributed by atoms with Crippen LogP contribution in [0.3, 0.4) is 0 Å². The van der Waals surface area contributed by atoms with Gasteiger partial charge in [0.2, 0.25) is 5.91 Å². The summed E-state index contributed by atoms with van der Waals surface area (Å²) in [7, 11) is 0. The molecule has 0 unspecified atom stereocenters. The lowest BCUT2D eigenvalue weighted by Gasteiger charge is -2.32. The maximum Gasteiger partial charge on any atom is 0.222 e. The largest absolute Gasteiger partial charge is 0.378 e. The Morgan fingerprint density at radius 3 is 2.28 bits per heavy atom. The first-order valence-electron chi connectivity index (χ1n) is 10.0. The Bertz CT molecular complexity index is 840. The van der Waals surface area contributed by atoms with Gasteiger partial charge >= 0.3 is 0 Å². The molecule has 0 aliphatic carbocycles. The number of pyridine rings is 2. The second-order valence-corrected chi connectivity index (χ2v) is 7.33. The molecule has 0 saturated carbocycles. The molecule has 8 nitrogen and oxygen atoms in total. The van der Waals surface area contributed by atoms with Crippen LogP contribution >= 0.6 is 0 Å². The number of carbonyl (C=O) groups is 1. The fourth-order valence-corrected chi connectivity index (χ4v) is 3.67. The number of amides is 1. The van der Waals surface area contributed by atoms with Crippen LogP contribution in [0.2, 0.25) is 0 Å². The fraction of sp³-hybridized carbons (Fsp3) is 0.476. The molecule has 2 aromatic rings. The molecule has 29 heavy (non-hydrogen) atoms. The lowest BCUT2D eigenvalue weighted by molar-refractivity contribution is -0.114. The van der Waals surface area contributed by atoms with Gasteiger partial charge in [0.25, 0.3) is 0 Å². The van der Waals surface area contributed by atoms with Gasteiger partial charge in [-0.2, -0.15) is 0 Å². The van der Waals surface area contributed by atoms with E-state index in [0.29, 0.717) is 19.0 Å². The van der Waals surface area contributed by atoms with Crippen LogP contribution in [0.1, 0.15) is 12.5 Å². The summed E-state index contributed by atoms with van der Waals surface area (Å²) in [5.41, 5.74) is 4.01. The number of morpholine rings is 2. The normalized spacial score (nSPS) is 17.3. The van der Waals surface area contributed by atoms with Gasteiger partial charge in [-0.05, 0) is 24.6 Å². The number of rotatable bonds is 4. The first-order valence-corrected chi connectivity index (χ1v) is 10.0. The van der Waals surface area contributed by atoms with Crippen LogP contribution in [0.15, 0.2) is 24.4 Å². The van der Waals surface area contributed by atoms with Gasteiger partial charge in [0.1, 0.15) is 11.6 Å². The molecule has 154 valence electrons. The summed E-state index contributed by atoms with van der Waals surface area (Å²) in [5.74, 6) is 1.38. The van der Waals surface area contributed by atoms with E-state index >= 15 is 0 Å². The Labute approximate surface area is 170 Å². The van der Waals surface area contributed by atoms with Gasteiger partial charge in [-0.3, -0.25) is 4.79 Å². The van der Waals surface area contributed by atoms with E-state index in [1.165, 1.54) is 6.92 Å². The highest BCUT2D eigenvalue weighted by molar-refractivity contribution is 5.88. The molecule has 0 radical (unpaired) electrons. The van der Waals surface area contributed by atoms with Gasteiger partial charge in [-0.15, -0.1) is 0 Å². The fourth-order valence-electron chi connectivity index (χ4n) is 3.67. The smallest absolute Gasteiger partial charge is 0.222 e. The van der Waals surface area contributed by atoms with Crippen LogP contribution < -0.4 is 15.1 Å². The number of nitrogens with zero attached hydrogens (tertiary/aromatic N) is 4. The molecule has 2 saturated heterocycles. The molecule has 1 N–H and O–H groups in total. The number of aryl methyl sites for hydroxylation is 1. The van der Waals surface area contributed by atoms with E-state index in [1.807, 2.05) is 13.0 Å². The van der Waals surface area contributed by atoms with Gasteiger partial charge in [0, 0.05) is 56.6 Å². The number of nitrogens with one attached hydrogen (secondary N) is 1. The van der Waals surface area contributed by atoms with E-state index < -0.39 is 0 Å². The van der Waals surface area contributed by atoms with Crippen molar-refractivity contribution in [2.75, 3.05) is 67.7 Å². The number of ether oxygens (including phenoxy) is 2. The van der Waals surface area contributed by atoms with Gasteiger partial charge in [-0.25, -0.2) is 9.97 Å². The maximum atomic E-state index is 11.3. The monoisotopic (exact) mass is 397 g/mol. The minimum Gasteiger partial charge on any atom is -0.378 e. The lowest BCUT2D eigenvalue weighted by Crippen LogP contribution is -2.38. The van der Waals surface area contributed by atoms with Crippen LogP contribution in [0.4, 0.5) is 17.3 Å². The minimum absolute atomic E-state index is 0.133. The lowest BCUT2D eigenvalue weighted by atomic mass is 10.1. The molecule has 0 aromatic carbocycles. The highest BCUT2D eigenvalue weighted by Crippen LogP contribution is 2.31. The van der Waals surface area contributed by atoms with Crippen LogP contribution in [0.25, 0.3) is 11.3 Å². The second kappa shape index (κ2) is 8.75. The van der Waals surface area contributed by atoms with E-state index in [9.17, 15) is 4.79 Å². The third kappa shape index (κ3) is 4.65. The van der Waals surface area contributed by atoms with Crippen molar-refractivity contribution in [1.29, 1.82) is 0 Å². The summed E-state index contributed by atoms with van der Waals surface area (Å²) in [5, 5.41) is 2.74. The van der Waals surface area contributed by atoms with E-state index in [0.717, 1.165) is 67.7 Å². The quantitative estimate of drug-likeness (QED) is 0.846. The number of anilines is 3. The van der Waals surface area contributed by atoms with Crippen molar-refractivity contribution in [1.82, 2.24) is 9.97 Å². The Morgan fingerprint density at radius 1 is 1.00 bits per heavy atom. The molecule has 1 amide bonds. The zero-order valence-electron chi connectivity index (χ0n) is 17.0. The number of carbonyl (C=O) groups excluding carboxylic acids is 1. The van der Waals surface area contributed by atoms with Gasteiger partial charge < -0.3 is 24.6 Å². The highest BCUT2D eigenvalue weighted by Gasteiger charge is 2.19. The first kappa shape index (κ1) is 19.6. The first-order chi connectivity index (χ1) is 14.1. The Balaban J connectivity index is 1.72. The van der Waals surface area contributed by atoms with Crippen molar-refractivity contribution in [3.05, 3.63) is 30.0 Å². The molecule has 2 aliphatic heterocycles. The summed E-state index contributed by atoms with van der Waals surface area (Å²) in [6.45, 7) is 9.78. The molecule has 0 atom stereocenters. The summed E-state index contributed by atoms with van der Waals surface area (Å²) < 4.78 is 11.0. The van der Waals surface area contributed by atoms with E-state index in [-0.39, 0.29) is 5.91 Å². The SMILES string of the molecule is CC(=O)Nc1cc(C)c(-c2cc(N3CCOCC3)cc(N3CCOCC3)n2)cn1. The van der Waals surface area contributed by atoms with Crippen molar-refractivity contribution in [2.45, 2.75) is 13.8 Å². The Kier molecular flexibility index (Phi) is 5.92. The summed E-state index contributed by atoms with van der Waals surface area (Å²) >= 11 is 0. The predicted octanol–water partition coefficient (Wildman–Crippen LogP) is 2.08. The van der Waals surface area contributed by atoms with Crippen molar-refractivity contribution < 1.29 is 14.3 Å². The second-order valence-electron chi connectivity index (χ2n) is 7.33. The number of aromatic nitrogens is 2. The molecular weight excluding hydrogens is 370 g/mol. The van der Waals surface area contributed by atoms with Gasteiger partial charge in [-0.1, -0.05) is 0 Å². The topological polar surface area (TPSA) is 79.8 Å². The number of hydrogen-bond donors (Lipinski definition) is 1. The average molecular weight is 397 g/mol. The Morgan fingerprint density at radius 2 is 1.66 bits per heavy atom. The van der Waals surface area contributed by atoms with Crippen LogP contribution in [0, 0.1) is 6.92 Å². The van der Waals surface area contributed by atoms with E-state index in [1.54, 1.807) is 6.20 Å². The molecule has 4 heterocycles. The molecule has 2 aliphatic rings. The van der Waals surface area contributed by atoms with Gasteiger partial charge in [0.05, 0.1) is 32.1 Å². The molecular formula is C21H27N5O3. The summed E-state index contributed by atoms with van der Waals surface area (Å²) in [4.78, 5) is 25.3. The van der Waals surface area contributed by atoms with Crippen molar-refractivity contribution >= 4 is 23.2 Å². The molecule has 2 aromatic heterocycles. The van der Waals surface area contributed by atoms with Crippen LogP contribution in [-0.4, -0.2) is 68.5 Å². The summed E-state index contributed by atoms with van der Waals surface area (Å²) in [6.07, 6.45) is 1.79. The average Bonchev–Trinajstić information content (AvgIpc) is 2.74. The molecule has 8 heteroatoms. The van der Waals surface area contributed by atoms with Crippen LogP contribution in [-0.2, 0) is 14.3 Å².